The number of carbonyl (C=O) groups is 1. The Bertz CT molecular complexity index is 533. The number of nitrogens with one attached hydrogen (secondary N) is 1. The minimum atomic E-state index is -0.497. The number of rotatable bonds is 5. The van der Waals surface area contributed by atoms with Gasteiger partial charge in [0.1, 0.15) is 5.82 Å². The van der Waals surface area contributed by atoms with Crippen LogP contribution in [0.1, 0.15) is 18.9 Å². The summed E-state index contributed by atoms with van der Waals surface area (Å²) in [5.74, 6) is -0.881. The molecule has 1 N–H and O–H groups in total. The van der Waals surface area contributed by atoms with Crippen LogP contribution in [0.2, 0.25) is 0 Å². The van der Waals surface area contributed by atoms with E-state index in [1.807, 2.05) is 13.0 Å². The molecule has 0 saturated carbocycles. The predicted octanol–water partition coefficient (Wildman–Crippen LogP) is 2.62. The van der Waals surface area contributed by atoms with Crippen LogP contribution in [0, 0.1) is 17.1 Å². The molecule has 0 fully saturated rings. The van der Waals surface area contributed by atoms with Crippen molar-refractivity contribution in [3.63, 3.8) is 0 Å². The molecule has 0 aliphatic rings. The van der Waals surface area contributed by atoms with Gasteiger partial charge in [-0.1, -0.05) is 13.0 Å². The molecule has 100 valence electrons. The number of nitrogens with zero attached hydrogens (tertiary/aromatic N) is 1. The average molecular weight is 262 g/mol. The van der Waals surface area contributed by atoms with E-state index in [9.17, 15) is 9.18 Å². The normalized spacial score (nSPS) is 10.7. The molecule has 0 radical (unpaired) electrons. The topological polar surface area (TPSA) is 62.1 Å². The van der Waals surface area contributed by atoms with Gasteiger partial charge >= 0.3 is 5.97 Å². The molecule has 0 heterocycles. The van der Waals surface area contributed by atoms with Gasteiger partial charge in [-0.05, 0) is 24.6 Å². The minimum Gasteiger partial charge on any atom is -0.466 e. The van der Waals surface area contributed by atoms with Gasteiger partial charge in [-0.3, -0.25) is 0 Å². The third-order valence-electron chi connectivity index (χ3n) is 2.57. The van der Waals surface area contributed by atoms with Gasteiger partial charge in [-0.25, -0.2) is 9.18 Å². The Morgan fingerprint density at radius 3 is 2.84 bits per heavy atom. The van der Waals surface area contributed by atoms with Gasteiger partial charge in [0.15, 0.2) is 0 Å². The highest BCUT2D eigenvalue weighted by atomic mass is 19.1. The summed E-state index contributed by atoms with van der Waals surface area (Å²) in [5, 5.41) is 11.5. The predicted molar refractivity (Wildman–Crippen MR) is 70.0 cm³/mol. The maximum Gasteiger partial charge on any atom is 0.333 e. The van der Waals surface area contributed by atoms with Crippen LogP contribution in [-0.2, 0) is 9.53 Å². The highest BCUT2D eigenvalue weighted by Gasteiger charge is 2.06. The number of nitriles is 1. The molecule has 1 aromatic carbocycles. The quantitative estimate of drug-likeness (QED) is 0.654. The second-order valence-corrected chi connectivity index (χ2v) is 3.76. The number of halogens is 1. The van der Waals surface area contributed by atoms with E-state index < -0.39 is 5.82 Å². The van der Waals surface area contributed by atoms with E-state index in [0.717, 1.165) is 6.07 Å². The first-order valence-electron chi connectivity index (χ1n) is 5.83. The largest absolute Gasteiger partial charge is 0.466 e. The highest BCUT2D eigenvalue weighted by molar-refractivity contribution is 5.88. The van der Waals surface area contributed by atoms with Crippen molar-refractivity contribution >= 4 is 11.7 Å². The van der Waals surface area contributed by atoms with Crippen molar-refractivity contribution in [2.45, 2.75) is 13.3 Å². The minimum absolute atomic E-state index is 0.266. The van der Waals surface area contributed by atoms with Gasteiger partial charge in [-0.15, -0.1) is 0 Å². The summed E-state index contributed by atoms with van der Waals surface area (Å²) in [6.45, 7) is 2.14. The van der Waals surface area contributed by atoms with Crippen molar-refractivity contribution in [3.05, 3.63) is 41.2 Å². The fourth-order valence-electron chi connectivity index (χ4n) is 1.52. The molecule has 1 aromatic rings. The summed E-state index contributed by atoms with van der Waals surface area (Å²) in [4.78, 5) is 11.3. The molecule has 1 rings (SSSR count). The lowest BCUT2D eigenvalue weighted by Crippen LogP contribution is -2.08. The van der Waals surface area contributed by atoms with E-state index in [-0.39, 0.29) is 17.2 Å². The van der Waals surface area contributed by atoms with Crippen LogP contribution in [0.5, 0.6) is 0 Å². The number of hydrogen-bond acceptors (Lipinski definition) is 4. The Morgan fingerprint density at radius 1 is 1.58 bits per heavy atom. The van der Waals surface area contributed by atoms with Crippen molar-refractivity contribution in [1.29, 1.82) is 5.26 Å². The summed E-state index contributed by atoms with van der Waals surface area (Å²) in [7, 11) is 1.32. The number of benzene rings is 1. The first-order valence-corrected chi connectivity index (χ1v) is 5.83. The third-order valence-corrected chi connectivity index (χ3v) is 2.57. The number of hydrogen-bond donors (Lipinski definition) is 1. The van der Waals surface area contributed by atoms with Crippen LogP contribution >= 0.6 is 0 Å². The lowest BCUT2D eigenvalue weighted by atomic mass is 10.2. The summed E-state index contributed by atoms with van der Waals surface area (Å²) in [5.41, 5.74) is 1.09. The smallest absolute Gasteiger partial charge is 0.333 e. The van der Waals surface area contributed by atoms with E-state index >= 15 is 0 Å². The fraction of sp³-hybridized carbons (Fsp3) is 0.286. The number of esters is 1. The van der Waals surface area contributed by atoms with Gasteiger partial charge < -0.3 is 10.1 Å². The molecule has 0 aromatic heterocycles. The van der Waals surface area contributed by atoms with Gasteiger partial charge in [0, 0.05) is 12.1 Å². The molecule has 0 saturated heterocycles. The fourth-order valence-corrected chi connectivity index (χ4v) is 1.52. The highest BCUT2D eigenvalue weighted by Crippen LogP contribution is 2.15. The lowest BCUT2D eigenvalue weighted by molar-refractivity contribution is -0.136. The SMILES string of the molecule is CC/C(=C/CNc1ccc(C#N)cc1F)C(=O)OC. The molecule has 0 atom stereocenters. The van der Waals surface area contributed by atoms with Gasteiger partial charge in [0.2, 0.25) is 0 Å². The third kappa shape index (κ3) is 4.11. The van der Waals surface area contributed by atoms with E-state index in [0.29, 0.717) is 18.5 Å². The van der Waals surface area contributed by atoms with E-state index in [1.54, 1.807) is 6.08 Å². The molecule has 0 unspecified atom stereocenters. The van der Waals surface area contributed by atoms with Crippen LogP contribution < -0.4 is 5.32 Å². The average Bonchev–Trinajstić information content (AvgIpc) is 2.44. The molecule has 5 heteroatoms. The van der Waals surface area contributed by atoms with Crippen LogP contribution in [-0.4, -0.2) is 19.6 Å². The Hall–Kier alpha value is -2.35. The zero-order chi connectivity index (χ0) is 14.3. The second-order valence-electron chi connectivity index (χ2n) is 3.76. The van der Waals surface area contributed by atoms with Crippen molar-refractivity contribution in [2.75, 3.05) is 19.0 Å². The number of carbonyl (C=O) groups excluding carboxylic acids is 1. The first-order chi connectivity index (χ1) is 9.12. The Balaban J connectivity index is 2.70. The zero-order valence-electron chi connectivity index (χ0n) is 10.9. The van der Waals surface area contributed by atoms with Crippen molar-refractivity contribution in [2.24, 2.45) is 0 Å². The van der Waals surface area contributed by atoms with Gasteiger partial charge in [0.25, 0.3) is 0 Å². The molecule has 19 heavy (non-hydrogen) atoms. The van der Waals surface area contributed by atoms with E-state index in [2.05, 4.69) is 10.1 Å². The molecule has 0 aliphatic carbocycles. The molecule has 0 aliphatic heterocycles. The monoisotopic (exact) mass is 262 g/mol. The standard InChI is InChI=1S/C14H15FN2O2/c1-3-11(14(18)19-2)6-7-17-13-5-4-10(9-16)8-12(13)15/h4-6,8,17H,3,7H2,1-2H3/b11-6-. The summed E-state index contributed by atoms with van der Waals surface area (Å²) in [6, 6.07) is 6.04. The molecular weight excluding hydrogens is 247 g/mol. The van der Waals surface area contributed by atoms with Crippen molar-refractivity contribution in [3.8, 4) is 6.07 Å². The maximum atomic E-state index is 13.5. The number of methoxy groups -OCH3 is 1. The van der Waals surface area contributed by atoms with E-state index in [1.165, 1.54) is 19.2 Å². The summed E-state index contributed by atoms with van der Waals surface area (Å²) in [6.07, 6.45) is 2.20. The second kappa shape index (κ2) is 7.17. The molecular formula is C14H15FN2O2. The Labute approximate surface area is 111 Å². The Morgan fingerprint density at radius 2 is 2.32 bits per heavy atom. The van der Waals surface area contributed by atoms with Crippen LogP contribution in [0.4, 0.5) is 10.1 Å². The molecule has 0 spiro atoms. The summed E-state index contributed by atoms with van der Waals surface area (Å²) < 4.78 is 18.2. The van der Waals surface area contributed by atoms with Crippen molar-refractivity contribution in [1.82, 2.24) is 0 Å². The summed E-state index contributed by atoms with van der Waals surface area (Å²) >= 11 is 0. The number of anilines is 1. The van der Waals surface area contributed by atoms with Crippen LogP contribution in [0.15, 0.2) is 29.8 Å². The zero-order valence-corrected chi connectivity index (χ0v) is 10.9. The molecule has 0 amide bonds. The number of ether oxygens (including phenoxy) is 1. The van der Waals surface area contributed by atoms with Gasteiger partial charge in [-0.2, -0.15) is 5.26 Å². The van der Waals surface area contributed by atoms with Crippen LogP contribution in [0.3, 0.4) is 0 Å². The molecule has 4 nitrogen and oxygen atoms in total. The maximum absolute atomic E-state index is 13.5. The van der Waals surface area contributed by atoms with Crippen LogP contribution in [0.25, 0.3) is 0 Å². The first kappa shape index (κ1) is 14.7. The lowest BCUT2D eigenvalue weighted by Gasteiger charge is -2.06. The van der Waals surface area contributed by atoms with Gasteiger partial charge in [0.05, 0.1) is 24.4 Å². The molecule has 0 bridgehead atoms. The van der Waals surface area contributed by atoms with E-state index in [4.69, 9.17) is 5.26 Å². The Kier molecular flexibility index (Phi) is 5.55. The van der Waals surface area contributed by atoms with Crippen molar-refractivity contribution < 1.29 is 13.9 Å².